The molecule has 2 rings (SSSR count). The maximum absolute atomic E-state index is 8.55. The van der Waals surface area contributed by atoms with Crippen LogP contribution in [0.15, 0.2) is 15.4 Å². The predicted octanol–water partition coefficient (Wildman–Crippen LogP) is 0.412. The fourth-order valence-corrected chi connectivity index (χ4v) is 3.31. The van der Waals surface area contributed by atoms with Gasteiger partial charge in [-0.15, -0.1) is 16.3 Å². The first kappa shape index (κ1) is 15.1. The molecule has 1 fully saturated rings. The van der Waals surface area contributed by atoms with E-state index in [9.17, 15) is 0 Å². The summed E-state index contributed by atoms with van der Waals surface area (Å²) in [6, 6.07) is 0.264. The molecule has 2 unspecified atom stereocenters. The quantitative estimate of drug-likeness (QED) is 0.419. The number of guanidine groups is 2. The van der Waals surface area contributed by atoms with Crippen molar-refractivity contribution in [2.45, 2.75) is 31.2 Å². The van der Waals surface area contributed by atoms with Gasteiger partial charge in [0.2, 0.25) is 17.3 Å². The van der Waals surface area contributed by atoms with Crippen LogP contribution in [0.3, 0.4) is 0 Å². The van der Waals surface area contributed by atoms with Crippen LogP contribution in [0, 0.1) is 11.5 Å². The topological polar surface area (TPSA) is 143 Å². The Hall–Kier alpha value is -2.34. The van der Waals surface area contributed by atoms with E-state index in [0.717, 1.165) is 25.0 Å². The number of hydrogen-bond donors (Lipinski definition) is 3. The maximum Gasteiger partial charge on any atom is 0.212 e. The van der Waals surface area contributed by atoms with E-state index in [-0.39, 0.29) is 18.0 Å². The molecule has 1 aromatic heterocycles. The first-order chi connectivity index (χ1) is 10.0. The Kier molecular flexibility index (Phi) is 4.59. The molecule has 0 radical (unpaired) electrons. The summed E-state index contributed by atoms with van der Waals surface area (Å²) in [5, 5.41) is 11.1. The minimum Gasteiger partial charge on any atom is -0.370 e. The van der Waals surface area contributed by atoms with Crippen LogP contribution >= 0.6 is 11.3 Å². The maximum atomic E-state index is 8.55. The summed E-state index contributed by atoms with van der Waals surface area (Å²) in [5.74, 6) is 0.620. The number of nitrogens with zero attached hydrogens (tertiary/aromatic N) is 5. The second-order valence-electron chi connectivity index (χ2n) is 4.94. The van der Waals surface area contributed by atoms with E-state index < -0.39 is 0 Å². The molecule has 2 atom stereocenters. The standard InChI is InChI=1S/C12H18N8S/c1-20(11(16)17-6-13)8-3-2-7(4-8)9-5-21-12(18-9)19-10(14)15/h5,7-8H,2-4H2,1H3,(H2,16,17)(H4,14,15,18,19). The lowest BCUT2D eigenvalue weighted by Crippen LogP contribution is -2.40. The molecule has 21 heavy (non-hydrogen) atoms. The predicted molar refractivity (Wildman–Crippen MR) is 83.0 cm³/mol. The second-order valence-corrected chi connectivity index (χ2v) is 5.77. The molecule has 0 saturated heterocycles. The molecule has 8 nitrogen and oxygen atoms in total. The van der Waals surface area contributed by atoms with Gasteiger partial charge in [-0.1, -0.05) is 0 Å². The lowest BCUT2D eigenvalue weighted by atomic mass is 10.1. The SMILES string of the molecule is CN(C(N)=NC#N)C1CCC(c2csc(N=C(N)N)n2)C1. The minimum atomic E-state index is 0.0143. The highest BCUT2D eigenvalue weighted by atomic mass is 32.1. The van der Waals surface area contributed by atoms with Crippen LogP contribution in [0.4, 0.5) is 5.13 Å². The summed E-state index contributed by atoms with van der Waals surface area (Å²) in [7, 11) is 1.86. The van der Waals surface area contributed by atoms with Gasteiger partial charge in [0.15, 0.2) is 5.96 Å². The van der Waals surface area contributed by atoms with E-state index >= 15 is 0 Å². The first-order valence-corrected chi connectivity index (χ1v) is 7.39. The van der Waals surface area contributed by atoms with Crippen molar-refractivity contribution in [3.63, 3.8) is 0 Å². The number of hydrogen-bond acceptors (Lipinski definition) is 5. The Balaban J connectivity index is 2.02. The van der Waals surface area contributed by atoms with Crippen molar-refractivity contribution in [1.29, 1.82) is 5.26 Å². The van der Waals surface area contributed by atoms with Gasteiger partial charge in [-0.05, 0) is 19.3 Å². The fraction of sp³-hybridized carbons (Fsp3) is 0.500. The van der Waals surface area contributed by atoms with Crippen LogP contribution in [-0.2, 0) is 0 Å². The van der Waals surface area contributed by atoms with Crippen molar-refractivity contribution in [3.8, 4) is 6.19 Å². The van der Waals surface area contributed by atoms with Gasteiger partial charge in [0.25, 0.3) is 0 Å². The average Bonchev–Trinajstić information content (AvgIpc) is 3.05. The number of thiazole rings is 1. The minimum absolute atomic E-state index is 0.0143. The molecule has 0 amide bonds. The van der Waals surface area contributed by atoms with E-state index in [0.29, 0.717) is 11.0 Å². The third-order valence-corrected chi connectivity index (χ3v) is 4.38. The lowest BCUT2D eigenvalue weighted by molar-refractivity contribution is 0.364. The van der Waals surface area contributed by atoms with Crippen molar-refractivity contribution in [1.82, 2.24) is 9.88 Å². The zero-order valence-electron chi connectivity index (χ0n) is 11.7. The number of rotatable bonds is 3. The monoisotopic (exact) mass is 306 g/mol. The number of nitrogens with two attached hydrogens (primary N) is 3. The second kappa shape index (κ2) is 6.41. The molecule has 6 N–H and O–H groups in total. The molecular formula is C12H18N8S. The van der Waals surface area contributed by atoms with Crippen molar-refractivity contribution >= 4 is 28.4 Å². The third kappa shape index (κ3) is 3.61. The Labute approximate surface area is 127 Å². The summed E-state index contributed by atoms with van der Waals surface area (Å²) >= 11 is 1.43. The third-order valence-electron chi connectivity index (χ3n) is 3.63. The van der Waals surface area contributed by atoms with E-state index in [1.54, 1.807) is 6.19 Å². The zero-order valence-corrected chi connectivity index (χ0v) is 12.5. The Morgan fingerprint density at radius 3 is 2.90 bits per heavy atom. The average molecular weight is 306 g/mol. The summed E-state index contributed by atoms with van der Waals surface area (Å²) in [6.45, 7) is 0. The Morgan fingerprint density at radius 1 is 1.48 bits per heavy atom. The normalized spacial score (nSPS) is 21.8. The largest absolute Gasteiger partial charge is 0.370 e. The summed E-state index contributed by atoms with van der Waals surface area (Å²) in [5.41, 5.74) is 17.4. The van der Waals surface area contributed by atoms with Gasteiger partial charge < -0.3 is 22.1 Å². The van der Waals surface area contributed by atoms with Crippen LogP contribution in [0.2, 0.25) is 0 Å². The summed E-state index contributed by atoms with van der Waals surface area (Å²) in [6.07, 6.45) is 4.63. The molecule has 9 heteroatoms. The summed E-state index contributed by atoms with van der Waals surface area (Å²) in [4.78, 5) is 13.8. The Morgan fingerprint density at radius 2 is 2.24 bits per heavy atom. The van der Waals surface area contributed by atoms with Crippen molar-refractivity contribution in [2.24, 2.45) is 27.2 Å². The summed E-state index contributed by atoms with van der Waals surface area (Å²) < 4.78 is 0. The highest BCUT2D eigenvalue weighted by molar-refractivity contribution is 7.13. The highest BCUT2D eigenvalue weighted by Gasteiger charge is 2.30. The van der Waals surface area contributed by atoms with Gasteiger partial charge in [-0.3, -0.25) is 0 Å². The fourth-order valence-electron chi connectivity index (χ4n) is 2.52. The van der Waals surface area contributed by atoms with E-state index in [1.165, 1.54) is 11.3 Å². The lowest BCUT2D eigenvalue weighted by Gasteiger charge is -2.24. The molecule has 0 aliphatic heterocycles. The van der Waals surface area contributed by atoms with Crippen LogP contribution < -0.4 is 17.2 Å². The van der Waals surface area contributed by atoms with E-state index in [4.69, 9.17) is 22.5 Å². The molecule has 112 valence electrons. The smallest absolute Gasteiger partial charge is 0.212 e. The van der Waals surface area contributed by atoms with Crippen LogP contribution in [0.1, 0.15) is 30.9 Å². The molecule has 1 saturated carbocycles. The highest BCUT2D eigenvalue weighted by Crippen LogP contribution is 2.37. The van der Waals surface area contributed by atoms with Crippen molar-refractivity contribution < 1.29 is 0 Å². The molecule has 1 heterocycles. The molecule has 1 aromatic rings. The molecular weight excluding hydrogens is 288 g/mol. The zero-order chi connectivity index (χ0) is 15.4. The van der Waals surface area contributed by atoms with E-state index in [2.05, 4.69) is 15.0 Å². The van der Waals surface area contributed by atoms with Crippen molar-refractivity contribution in [2.75, 3.05) is 7.05 Å². The molecule has 1 aliphatic rings. The number of nitriles is 1. The van der Waals surface area contributed by atoms with Crippen LogP contribution in [0.5, 0.6) is 0 Å². The van der Waals surface area contributed by atoms with E-state index in [1.807, 2.05) is 17.3 Å². The van der Waals surface area contributed by atoms with Gasteiger partial charge in [-0.25, -0.2) is 4.98 Å². The van der Waals surface area contributed by atoms with Gasteiger partial charge in [0, 0.05) is 24.4 Å². The van der Waals surface area contributed by atoms with Crippen molar-refractivity contribution in [3.05, 3.63) is 11.1 Å². The number of aliphatic imine (C=N–C) groups is 2. The van der Waals surface area contributed by atoms with Crippen LogP contribution in [0.25, 0.3) is 0 Å². The van der Waals surface area contributed by atoms with Crippen LogP contribution in [-0.4, -0.2) is 34.9 Å². The molecule has 0 spiro atoms. The first-order valence-electron chi connectivity index (χ1n) is 6.51. The Bertz CT molecular complexity index is 595. The molecule has 1 aliphatic carbocycles. The van der Waals surface area contributed by atoms with Gasteiger partial charge in [-0.2, -0.15) is 10.3 Å². The van der Waals surface area contributed by atoms with Gasteiger partial charge in [0.05, 0.1) is 5.69 Å². The van der Waals surface area contributed by atoms with Gasteiger partial charge >= 0.3 is 0 Å². The molecule has 0 bridgehead atoms. The van der Waals surface area contributed by atoms with Gasteiger partial charge in [0.1, 0.15) is 0 Å². The molecule has 0 aromatic carbocycles. The number of aromatic nitrogens is 1.